The zero-order chi connectivity index (χ0) is 27.1. The number of para-hydroxylation sites is 2. The second kappa shape index (κ2) is 10.3. The summed E-state index contributed by atoms with van der Waals surface area (Å²) in [7, 11) is 0. The van der Waals surface area contributed by atoms with Crippen molar-refractivity contribution in [2.24, 2.45) is 4.99 Å². The fraction of sp³-hybridized carbons (Fsp3) is 0.296. The third kappa shape index (κ3) is 4.84. The molecule has 5 atom stereocenters. The van der Waals surface area contributed by atoms with Crippen LogP contribution in [0.1, 0.15) is 13.8 Å². The third-order valence-electron chi connectivity index (χ3n) is 6.20. The van der Waals surface area contributed by atoms with E-state index in [4.69, 9.17) is 26.1 Å². The van der Waals surface area contributed by atoms with Crippen molar-refractivity contribution in [3.05, 3.63) is 71.0 Å². The minimum absolute atomic E-state index is 0.149. The molecule has 2 aliphatic heterocycles. The van der Waals surface area contributed by atoms with Gasteiger partial charge in [0.2, 0.25) is 6.29 Å². The van der Waals surface area contributed by atoms with Gasteiger partial charge in [0.15, 0.2) is 11.9 Å². The van der Waals surface area contributed by atoms with Gasteiger partial charge in [-0.15, -0.1) is 0 Å². The summed E-state index contributed by atoms with van der Waals surface area (Å²) in [5.74, 6) is -1.34. The zero-order valence-electron chi connectivity index (χ0n) is 20.5. The fourth-order valence-corrected chi connectivity index (χ4v) is 4.56. The normalized spacial score (nSPS) is 24.3. The molecule has 0 amide bonds. The summed E-state index contributed by atoms with van der Waals surface area (Å²) in [6.07, 6.45) is -8.72. The Morgan fingerprint density at radius 2 is 1.76 bits per heavy atom. The SMILES string of the molecule is CC(C)N=c1cc2n(-c3ccc(Cl)cc3)c3ccccc3nc-2cc1O[C@@H]1O[C@H](C(=O)O)[C@@H](O)[C@H](O)[C@H]1O. The summed E-state index contributed by atoms with van der Waals surface area (Å²) in [6.45, 7) is 3.76. The van der Waals surface area contributed by atoms with E-state index in [-0.39, 0.29) is 11.8 Å². The number of halogens is 1. The van der Waals surface area contributed by atoms with E-state index in [0.29, 0.717) is 27.3 Å². The molecule has 2 heterocycles. The Labute approximate surface area is 222 Å². The van der Waals surface area contributed by atoms with Gasteiger partial charge in [-0.1, -0.05) is 23.7 Å². The number of aromatic nitrogens is 2. The Balaban J connectivity index is 1.70. The monoisotopic (exact) mass is 539 g/mol. The maximum Gasteiger partial charge on any atom is 0.335 e. The molecule has 1 saturated heterocycles. The minimum atomic E-state index is -1.83. The van der Waals surface area contributed by atoms with Gasteiger partial charge in [0.25, 0.3) is 0 Å². The van der Waals surface area contributed by atoms with Gasteiger partial charge in [-0.3, -0.25) is 4.99 Å². The molecule has 1 fully saturated rings. The number of carboxylic acid groups (broad SMARTS) is 1. The Bertz CT molecular complexity index is 1520. The predicted molar refractivity (Wildman–Crippen MR) is 138 cm³/mol. The fourth-order valence-electron chi connectivity index (χ4n) is 4.44. The van der Waals surface area contributed by atoms with Crippen molar-refractivity contribution in [3.8, 4) is 22.8 Å². The minimum Gasteiger partial charge on any atom is -0.479 e. The van der Waals surface area contributed by atoms with Crippen LogP contribution in [0, 0.1) is 0 Å². The lowest BCUT2D eigenvalue weighted by Crippen LogP contribution is -2.61. The van der Waals surface area contributed by atoms with Gasteiger partial charge in [0.05, 0.1) is 22.4 Å². The number of fused-ring (bicyclic) bond motifs is 2. The number of hydrogen-bond acceptors (Lipinski definition) is 8. The lowest BCUT2D eigenvalue weighted by Gasteiger charge is -2.38. The van der Waals surface area contributed by atoms with Crippen LogP contribution in [0.5, 0.6) is 5.75 Å². The molecule has 0 bridgehead atoms. The van der Waals surface area contributed by atoms with Crippen LogP contribution in [0.2, 0.25) is 5.02 Å². The summed E-state index contributed by atoms with van der Waals surface area (Å²) in [5.41, 5.74) is 3.63. The number of aliphatic hydroxyl groups excluding tert-OH is 3. The highest BCUT2D eigenvalue weighted by atomic mass is 35.5. The second-order valence-electron chi connectivity index (χ2n) is 9.30. The summed E-state index contributed by atoms with van der Waals surface area (Å²) >= 11 is 6.14. The first-order valence-corrected chi connectivity index (χ1v) is 12.4. The number of aliphatic carboxylic acids is 1. The number of carbonyl (C=O) groups is 1. The number of benzene rings is 3. The van der Waals surface area contributed by atoms with Crippen LogP contribution in [-0.2, 0) is 9.53 Å². The Morgan fingerprint density at radius 1 is 1.05 bits per heavy atom. The number of nitrogens with zero attached hydrogens (tertiary/aromatic N) is 3. The first kappa shape index (κ1) is 26.1. The van der Waals surface area contributed by atoms with Gasteiger partial charge in [0, 0.05) is 22.8 Å². The first-order valence-electron chi connectivity index (χ1n) is 12.0. The molecule has 2 aromatic carbocycles. The van der Waals surface area contributed by atoms with Crippen LogP contribution < -0.4 is 10.1 Å². The molecule has 5 rings (SSSR count). The highest BCUT2D eigenvalue weighted by Crippen LogP contribution is 2.32. The van der Waals surface area contributed by atoms with E-state index in [1.807, 2.05) is 54.8 Å². The smallest absolute Gasteiger partial charge is 0.335 e. The molecule has 1 aliphatic carbocycles. The van der Waals surface area contributed by atoms with Gasteiger partial charge < -0.3 is 34.5 Å². The molecule has 38 heavy (non-hydrogen) atoms. The van der Waals surface area contributed by atoms with Gasteiger partial charge >= 0.3 is 5.97 Å². The van der Waals surface area contributed by atoms with Crippen LogP contribution in [0.25, 0.3) is 28.1 Å². The van der Waals surface area contributed by atoms with Crippen LogP contribution in [-0.4, -0.2) is 72.7 Å². The number of hydrogen-bond donors (Lipinski definition) is 4. The zero-order valence-corrected chi connectivity index (χ0v) is 21.2. The number of ether oxygens (including phenoxy) is 2. The highest BCUT2D eigenvalue weighted by molar-refractivity contribution is 6.30. The molecule has 2 aromatic rings. The molecule has 10 nitrogen and oxygen atoms in total. The van der Waals surface area contributed by atoms with Crippen molar-refractivity contribution in [3.63, 3.8) is 0 Å². The second-order valence-corrected chi connectivity index (χ2v) is 9.73. The van der Waals surface area contributed by atoms with E-state index in [2.05, 4.69) is 4.99 Å². The van der Waals surface area contributed by atoms with Crippen molar-refractivity contribution >= 4 is 28.6 Å². The summed E-state index contributed by atoms with van der Waals surface area (Å²) in [4.78, 5) is 21.0. The van der Waals surface area contributed by atoms with E-state index in [0.717, 1.165) is 11.2 Å². The molecule has 0 saturated carbocycles. The standard InChI is InChI=1S/C27H26ClN3O7/c1-13(2)29-18-11-20-17(12-21(18)37-27-24(34)22(32)23(33)25(38-27)26(35)36)30-16-5-3-4-6-19(16)31(20)15-9-7-14(28)8-10-15/h3-13,22-25,27,32-34H,1-2H3,(H,35,36)/t22-,23-,24+,25-,27+/m0/s1. The quantitative estimate of drug-likeness (QED) is 0.283. The van der Waals surface area contributed by atoms with Crippen molar-refractivity contribution in [2.75, 3.05) is 0 Å². The van der Waals surface area contributed by atoms with Crippen molar-refractivity contribution in [2.45, 2.75) is 50.6 Å². The Hall–Kier alpha value is -3.54. The molecular weight excluding hydrogens is 514 g/mol. The maximum absolute atomic E-state index is 11.5. The Kier molecular flexibility index (Phi) is 7.08. The lowest BCUT2D eigenvalue weighted by atomic mass is 9.99. The van der Waals surface area contributed by atoms with Crippen LogP contribution in [0.4, 0.5) is 0 Å². The van der Waals surface area contributed by atoms with Gasteiger partial charge in [-0.2, -0.15) is 0 Å². The van der Waals surface area contributed by atoms with E-state index >= 15 is 0 Å². The van der Waals surface area contributed by atoms with Crippen LogP contribution >= 0.6 is 11.6 Å². The maximum atomic E-state index is 11.5. The summed E-state index contributed by atoms with van der Waals surface area (Å²) in [5, 5.41) is 41.1. The molecule has 198 valence electrons. The molecule has 3 aliphatic rings. The molecular formula is C27H26ClN3O7. The average Bonchev–Trinajstić information content (AvgIpc) is 2.88. The highest BCUT2D eigenvalue weighted by Gasteiger charge is 2.48. The van der Waals surface area contributed by atoms with Crippen LogP contribution in [0.3, 0.4) is 0 Å². The van der Waals surface area contributed by atoms with Crippen molar-refractivity contribution < 1.29 is 34.7 Å². The molecule has 0 unspecified atom stereocenters. The third-order valence-corrected chi connectivity index (χ3v) is 6.45. The number of aliphatic hydroxyl groups is 3. The molecule has 0 aromatic heterocycles. The van der Waals surface area contributed by atoms with Crippen molar-refractivity contribution in [1.82, 2.24) is 9.55 Å². The topological polar surface area (TPSA) is 147 Å². The summed E-state index contributed by atoms with van der Waals surface area (Å²) < 4.78 is 13.3. The molecule has 11 heteroatoms. The van der Waals surface area contributed by atoms with E-state index < -0.39 is 36.7 Å². The first-order chi connectivity index (χ1) is 18.1. The lowest BCUT2D eigenvalue weighted by molar-refractivity contribution is -0.271. The van der Waals surface area contributed by atoms with Gasteiger partial charge in [0.1, 0.15) is 23.7 Å². The van der Waals surface area contributed by atoms with Crippen LogP contribution in [0.15, 0.2) is 65.7 Å². The summed E-state index contributed by atoms with van der Waals surface area (Å²) in [6, 6.07) is 18.2. The largest absolute Gasteiger partial charge is 0.479 e. The van der Waals surface area contributed by atoms with Crippen molar-refractivity contribution in [1.29, 1.82) is 0 Å². The van der Waals surface area contributed by atoms with Gasteiger partial charge in [-0.25, -0.2) is 9.78 Å². The number of rotatable bonds is 5. The molecule has 0 radical (unpaired) electrons. The van der Waals surface area contributed by atoms with E-state index in [1.54, 1.807) is 24.3 Å². The van der Waals surface area contributed by atoms with E-state index in [1.165, 1.54) is 0 Å². The predicted octanol–water partition coefficient (Wildman–Crippen LogP) is 2.36. The molecule has 4 N–H and O–H groups in total. The van der Waals surface area contributed by atoms with Gasteiger partial charge in [-0.05, 0) is 56.3 Å². The van der Waals surface area contributed by atoms with E-state index in [9.17, 15) is 25.2 Å². The molecule has 0 spiro atoms. The number of carboxylic acids is 1. The Morgan fingerprint density at radius 3 is 2.45 bits per heavy atom. The average molecular weight is 540 g/mol.